The smallest absolute Gasteiger partial charge is 0.214 e. The first-order chi connectivity index (χ1) is 12.9. The van der Waals surface area contributed by atoms with Gasteiger partial charge in [-0.2, -0.15) is 0 Å². The predicted octanol–water partition coefficient (Wildman–Crippen LogP) is 2.10. The van der Waals surface area contributed by atoms with Crippen molar-refractivity contribution in [3.63, 3.8) is 0 Å². The molecule has 0 aliphatic carbocycles. The average Bonchev–Trinajstić information content (AvgIpc) is 2.81. The number of likely N-dealkylation sites (tertiary alicyclic amines) is 1. The molecule has 0 aromatic heterocycles. The first kappa shape index (κ1) is 25.9. The molecule has 2 aliphatic heterocycles. The fourth-order valence-electron chi connectivity index (χ4n) is 3.94. The molecule has 7 nitrogen and oxygen atoms in total. The van der Waals surface area contributed by atoms with E-state index in [1.54, 1.807) is 4.31 Å². The van der Waals surface area contributed by atoms with E-state index >= 15 is 0 Å². The van der Waals surface area contributed by atoms with Gasteiger partial charge in [0.05, 0.1) is 12.3 Å². The second-order valence-corrected chi connectivity index (χ2v) is 10.1. The standard InChI is InChI=1S/C19H39N5O2S.HI/c1-4-20-19(21-10-14-24-13-9-15-27(24,25)26)22-16-18(17(2)3)23-11-7-5-6-8-12-23;/h17-18H,4-16H2,1-3H3,(H2,20,21,22);1H. The third-order valence-electron chi connectivity index (χ3n) is 5.52. The summed E-state index contributed by atoms with van der Waals surface area (Å²) in [4.78, 5) is 7.44. The van der Waals surface area contributed by atoms with Crippen LogP contribution in [0.5, 0.6) is 0 Å². The van der Waals surface area contributed by atoms with Crippen molar-refractivity contribution in [1.82, 2.24) is 19.8 Å². The van der Waals surface area contributed by atoms with Crippen LogP contribution in [0.25, 0.3) is 0 Å². The van der Waals surface area contributed by atoms with Crippen molar-refractivity contribution in [2.45, 2.75) is 58.9 Å². The van der Waals surface area contributed by atoms with Crippen molar-refractivity contribution in [3.8, 4) is 0 Å². The second-order valence-electron chi connectivity index (χ2n) is 7.98. The zero-order chi connectivity index (χ0) is 19.7. The van der Waals surface area contributed by atoms with Gasteiger partial charge in [-0.15, -0.1) is 24.0 Å². The van der Waals surface area contributed by atoms with Gasteiger partial charge >= 0.3 is 0 Å². The predicted molar refractivity (Wildman–Crippen MR) is 128 cm³/mol. The molecule has 2 saturated heterocycles. The van der Waals surface area contributed by atoms with Crippen LogP contribution in [0.15, 0.2) is 4.99 Å². The largest absolute Gasteiger partial charge is 0.357 e. The van der Waals surface area contributed by atoms with Crippen LogP contribution >= 0.6 is 24.0 Å². The van der Waals surface area contributed by atoms with E-state index in [9.17, 15) is 8.42 Å². The Morgan fingerprint density at radius 2 is 1.71 bits per heavy atom. The summed E-state index contributed by atoms with van der Waals surface area (Å²) in [5, 5.41) is 6.60. The van der Waals surface area contributed by atoms with Gasteiger partial charge in [-0.3, -0.25) is 9.89 Å². The molecular weight excluding hydrogens is 489 g/mol. The summed E-state index contributed by atoms with van der Waals surface area (Å²) < 4.78 is 25.4. The molecule has 2 rings (SSSR count). The molecule has 0 aromatic rings. The van der Waals surface area contributed by atoms with E-state index in [1.165, 1.54) is 38.8 Å². The number of guanidine groups is 1. The van der Waals surface area contributed by atoms with Crippen LogP contribution in [-0.4, -0.2) is 81.2 Å². The third-order valence-corrected chi connectivity index (χ3v) is 7.47. The molecule has 2 heterocycles. The zero-order valence-corrected chi connectivity index (χ0v) is 21.0. The highest BCUT2D eigenvalue weighted by Crippen LogP contribution is 2.18. The lowest BCUT2D eigenvalue weighted by atomic mass is 10.0. The van der Waals surface area contributed by atoms with Crippen molar-refractivity contribution in [2.24, 2.45) is 10.9 Å². The molecule has 0 bridgehead atoms. The molecule has 0 amide bonds. The van der Waals surface area contributed by atoms with E-state index in [-0.39, 0.29) is 29.7 Å². The number of nitrogens with zero attached hydrogens (tertiary/aromatic N) is 3. The van der Waals surface area contributed by atoms with Gasteiger partial charge in [0, 0.05) is 32.2 Å². The SMILES string of the molecule is CCNC(=NCC(C(C)C)N1CCCCCC1)NCCN1CCCS1(=O)=O.I. The highest BCUT2D eigenvalue weighted by Gasteiger charge is 2.27. The molecule has 0 aromatic carbocycles. The lowest BCUT2D eigenvalue weighted by Crippen LogP contribution is -2.45. The summed E-state index contributed by atoms with van der Waals surface area (Å²) in [5.74, 6) is 1.63. The number of rotatable bonds is 8. The highest BCUT2D eigenvalue weighted by atomic mass is 127. The van der Waals surface area contributed by atoms with Gasteiger partial charge in [0.1, 0.15) is 0 Å². The van der Waals surface area contributed by atoms with Gasteiger partial charge in [0.15, 0.2) is 5.96 Å². The maximum absolute atomic E-state index is 11.9. The monoisotopic (exact) mass is 529 g/mol. The molecule has 2 aliphatic rings. The van der Waals surface area contributed by atoms with Crippen molar-refractivity contribution in [1.29, 1.82) is 0 Å². The molecule has 2 N–H and O–H groups in total. The van der Waals surface area contributed by atoms with Gasteiger partial charge in [0.25, 0.3) is 0 Å². The lowest BCUT2D eigenvalue weighted by Gasteiger charge is -2.32. The van der Waals surface area contributed by atoms with Crippen LogP contribution in [-0.2, 0) is 10.0 Å². The Morgan fingerprint density at radius 3 is 2.25 bits per heavy atom. The summed E-state index contributed by atoms with van der Waals surface area (Å²) in [5.41, 5.74) is 0. The summed E-state index contributed by atoms with van der Waals surface area (Å²) in [7, 11) is -3.03. The van der Waals surface area contributed by atoms with E-state index in [4.69, 9.17) is 4.99 Å². The van der Waals surface area contributed by atoms with E-state index in [0.29, 0.717) is 31.6 Å². The minimum Gasteiger partial charge on any atom is -0.357 e. The molecule has 9 heteroatoms. The minimum absolute atomic E-state index is 0. The number of aliphatic imine (C=N–C) groups is 1. The highest BCUT2D eigenvalue weighted by molar-refractivity contribution is 14.0. The summed E-state index contributed by atoms with van der Waals surface area (Å²) in [6.45, 7) is 12.3. The average molecular weight is 530 g/mol. The maximum Gasteiger partial charge on any atom is 0.214 e. The Bertz CT molecular complexity index is 563. The summed E-state index contributed by atoms with van der Waals surface area (Å²) in [6.07, 6.45) is 6.00. The normalized spacial score (nSPS) is 22.5. The number of sulfonamides is 1. The molecule has 0 radical (unpaired) electrons. The van der Waals surface area contributed by atoms with Crippen molar-refractivity contribution >= 4 is 40.0 Å². The van der Waals surface area contributed by atoms with Crippen LogP contribution in [0.4, 0.5) is 0 Å². The van der Waals surface area contributed by atoms with Gasteiger partial charge in [0.2, 0.25) is 10.0 Å². The van der Waals surface area contributed by atoms with Gasteiger partial charge < -0.3 is 10.6 Å². The van der Waals surface area contributed by atoms with Gasteiger partial charge in [-0.05, 0) is 45.2 Å². The maximum atomic E-state index is 11.9. The van der Waals surface area contributed by atoms with Crippen molar-refractivity contribution in [2.75, 3.05) is 51.6 Å². The quantitative estimate of drug-likeness (QED) is 0.286. The van der Waals surface area contributed by atoms with Crippen LogP contribution < -0.4 is 10.6 Å². The molecule has 2 fully saturated rings. The Kier molecular flexibility index (Phi) is 12.2. The molecule has 28 heavy (non-hydrogen) atoms. The number of hydrogen-bond donors (Lipinski definition) is 2. The molecule has 1 unspecified atom stereocenters. The minimum atomic E-state index is -3.03. The molecule has 0 spiro atoms. The Morgan fingerprint density at radius 1 is 1.04 bits per heavy atom. The molecular formula is C19H40IN5O2S. The summed E-state index contributed by atoms with van der Waals surface area (Å²) >= 11 is 0. The second kappa shape index (κ2) is 13.2. The van der Waals surface area contributed by atoms with Gasteiger partial charge in [-0.25, -0.2) is 12.7 Å². The number of halogens is 1. The third kappa shape index (κ3) is 8.31. The van der Waals surface area contributed by atoms with Crippen LogP contribution in [0, 0.1) is 5.92 Å². The first-order valence-corrected chi connectivity index (χ1v) is 12.3. The van der Waals surface area contributed by atoms with Crippen molar-refractivity contribution < 1.29 is 8.42 Å². The van der Waals surface area contributed by atoms with Crippen LogP contribution in [0.1, 0.15) is 52.9 Å². The Labute approximate surface area is 189 Å². The van der Waals surface area contributed by atoms with E-state index in [2.05, 4.69) is 36.3 Å². The molecule has 0 saturated carbocycles. The van der Waals surface area contributed by atoms with E-state index in [0.717, 1.165) is 25.5 Å². The van der Waals surface area contributed by atoms with Crippen LogP contribution in [0.3, 0.4) is 0 Å². The molecule has 1 atom stereocenters. The van der Waals surface area contributed by atoms with Gasteiger partial charge in [-0.1, -0.05) is 26.7 Å². The molecule has 166 valence electrons. The fraction of sp³-hybridized carbons (Fsp3) is 0.947. The van der Waals surface area contributed by atoms with Crippen molar-refractivity contribution in [3.05, 3.63) is 0 Å². The summed E-state index contributed by atoms with van der Waals surface area (Å²) in [6, 6.07) is 0.456. The van der Waals surface area contributed by atoms with E-state index in [1.807, 2.05) is 0 Å². The van der Waals surface area contributed by atoms with E-state index < -0.39 is 10.0 Å². The number of hydrogen-bond acceptors (Lipinski definition) is 4. The topological polar surface area (TPSA) is 77.0 Å². The Hall–Kier alpha value is -0.130. The zero-order valence-electron chi connectivity index (χ0n) is 17.8. The number of nitrogens with one attached hydrogen (secondary N) is 2. The Balaban J connectivity index is 0.00000392. The fourth-order valence-corrected chi connectivity index (χ4v) is 5.47. The van der Waals surface area contributed by atoms with Crippen LogP contribution in [0.2, 0.25) is 0 Å². The first-order valence-electron chi connectivity index (χ1n) is 10.7. The lowest BCUT2D eigenvalue weighted by molar-refractivity contribution is 0.166.